The zero-order chi connectivity index (χ0) is 16.7. The van der Waals surface area contributed by atoms with Gasteiger partial charge in [-0.05, 0) is 19.3 Å². The van der Waals surface area contributed by atoms with Crippen molar-refractivity contribution in [3.05, 3.63) is 12.7 Å². The van der Waals surface area contributed by atoms with Crippen LogP contribution in [0.15, 0.2) is 12.7 Å². The third kappa shape index (κ3) is 9.66. The van der Waals surface area contributed by atoms with Crippen LogP contribution in [0.25, 0.3) is 0 Å². The summed E-state index contributed by atoms with van der Waals surface area (Å²) in [6, 6.07) is 0. The predicted molar refractivity (Wildman–Crippen MR) is 100 cm³/mol. The summed E-state index contributed by atoms with van der Waals surface area (Å²) < 4.78 is 0. The second-order valence-electron chi connectivity index (χ2n) is 7.02. The minimum absolute atomic E-state index is 0.273. The van der Waals surface area contributed by atoms with E-state index in [0.29, 0.717) is 0 Å². The number of rotatable bonds is 16. The van der Waals surface area contributed by atoms with Gasteiger partial charge in [0.25, 0.3) is 0 Å². The zero-order valence-corrected chi connectivity index (χ0v) is 15.7. The van der Waals surface area contributed by atoms with Crippen molar-refractivity contribution in [2.45, 2.75) is 116 Å². The Labute approximate surface area is 140 Å². The zero-order valence-electron chi connectivity index (χ0n) is 15.7. The van der Waals surface area contributed by atoms with Crippen molar-refractivity contribution < 1.29 is 5.11 Å². The van der Waals surface area contributed by atoms with Gasteiger partial charge in [-0.15, -0.1) is 6.58 Å². The monoisotopic (exact) mass is 310 g/mol. The van der Waals surface area contributed by atoms with Crippen molar-refractivity contribution in [1.29, 1.82) is 0 Å². The van der Waals surface area contributed by atoms with Gasteiger partial charge in [-0.25, -0.2) is 0 Å². The molecule has 1 heteroatoms. The quantitative estimate of drug-likeness (QED) is 0.239. The van der Waals surface area contributed by atoms with Crippen LogP contribution in [0.2, 0.25) is 0 Å². The van der Waals surface area contributed by atoms with Crippen LogP contribution in [0.3, 0.4) is 0 Å². The lowest BCUT2D eigenvalue weighted by molar-refractivity contribution is -0.0180. The first-order chi connectivity index (χ1) is 10.6. The van der Waals surface area contributed by atoms with E-state index in [4.69, 9.17) is 0 Å². The van der Waals surface area contributed by atoms with Gasteiger partial charge < -0.3 is 5.11 Å². The Kier molecular flexibility index (Phi) is 14.1. The summed E-state index contributed by atoms with van der Waals surface area (Å²) >= 11 is 0. The summed E-state index contributed by atoms with van der Waals surface area (Å²) in [4.78, 5) is 0. The van der Waals surface area contributed by atoms with Crippen LogP contribution < -0.4 is 0 Å². The molecule has 0 amide bonds. The van der Waals surface area contributed by atoms with E-state index >= 15 is 0 Å². The van der Waals surface area contributed by atoms with Crippen LogP contribution in [-0.4, -0.2) is 10.7 Å². The highest BCUT2D eigenvalue weighted by molar-refractivity contribution is 4.95. The van der Waals surface area contributed by atoms with Gasteiger partial charge in [0.05, 0.1) is 5.60 Å². The molecule has 0 aromatic rings. The Hall–Kier alpha value is -0.300. The topological polar surface area (TPSA) is 20.2 Å². The first-order valence-electron chi connectivity index (χ1n) is 9.99. The predicted octanol–water partition coefficient (Wildman–Crippen LogP) is 7.04. The Balaban J connectivity index is 4.03. The summed E-state index contributed by atoms with van der Waals surface area (Å²) in [5.41, 5.74) is -0.516. The number of hydrogen-bond acceptors (Lipinski definition) is 1. The minimum atomic E-state index is -0.516. The average Bonchev–Trinajstić information content (AvgIpc) is 2.54. The molecule has 0 heterocycles. The van der Waals surface area contributed by atoms with E-state index in [1.807, 2.05) is 6.08 Å². The first kappa shape index (κ1) is 21.7. The smallest absolute Gasteiger partial charge is 0.0707 e. The van der Waals surface area contributed by atoms with E-state index < -0.39 is 5.60 Å². The summed E-state index contributed by atoms with van der Waals surface area (Å²) in [7, 11) is 0. The normalized spacial score (nSPS) is 15.5. The van der Waals surface area contributed by atoms with Crippen LogP contribution in [-0.2, 0) is 0 Å². The van der Waals surface area contributed by atoms with Crippen LogP contribution in [0, 0.1) is 5.92 Å². The summed E-state index contributed by atoms with van der Waals surface area (Å²) in [6.07, 6.45) is 19.2. The van der Waals surface area contributed by atoms with E-state index in [-0.39, 0.29) is 5.92 Å². The van der Waals surface area contributed by atoms with E-state index in [2.05, 4.69) is 27.4 Å². The Morgan fingerprint density at radius 1 is 0.818 bits per heavy atom. The molecule has 0 fully saturated rings. The molecule has 0 radical (unpaired) electrons. The van der Waals surface area contributed by atoms with Gasteiger partial charge in [-0.1, -0.05) is 97.5 Å². The molecule has 0 bridgehead atoms. The largest absolute Gasteiger partial charge is 0.389 e. The molecule has 0 rings (SSSR count). The van der Waals surface area contributed by atoms with E-state index in [1.165, 1.54) is 64.2 Å². The highest BCUT2D eigenvalue weighted by Gasteiger charge is 2.31. The lowest BCUT2D eigenvalue weighted by atomic mass is 9.78. The molecule has 0 aromatic carbocycles. The van der Waals surface area contributed by atoms with Gasteiger partial charge in [0, 0.05) is 5.92 Å². The lowest BCUT2D eigenvalue weighted by Crippen LogP contribution is -2.36. The van der Waals surface area contributed by atoms with E-state index in [1.54, 1.807) is 0 Å². The van der Waals surface area contributed by atoms with Gasteiger partial charge in [0.15, 0.2) is 0 Å². The molecule has 0 saturated heterocycles. The molecule has 0 aliphatic heterocycles. The van der Waals surface area contributed by atoms with Crippen LogP contribution in [0.1, 0.15) is 111 Å². The molecule has 1 N–H and O–H groups in total. The van der Waals surface area contributed by atoms with Gasteiger partial charge in [0.1, 0.15) is 0 Å². The molecule has 0 aromatic heterocycles. The number of hydrogen-bond donors (Lipinski definition) is 1. The third-order valence-electron chi connectivity index (χ3n) is 5.17. The highest BCUT2D eigenvalue weighted by Crippen LogP contribution is 2.32. The molecule has 132 valence electrons. The number of unbranched alkanes of at least 4 members (excludes halogenated alkanes) is 9. The van der Waals surface area contributed by atoms with E-state index in [0.717, 1.165) is 25.7 Å². The molecule has 0 aliphatic carbocycles. The fourth-order valence-corrected chi connectivity index (χ4v) is 3.41. The summed E-state index contributed by atoms with van der Waals surface area (Å²) in [5.74, 6) is 0.273. The second kappa shape index (κ2) is 14.3. The summed E-state index contributed by atoms with van der Waals surface area (Å²) in [5, 5.41) is 11.0. The first-order valence-corrected chi connectivity index (χ1v) is 9.99. The highest BCUT2D eigenvalue weighted by atomic mass is 16.3. The van der Waals surface area contributed by atoms with Crippen LogP contribution in [0.5, 0.6) is 0 Å². The summed E-state index contributed by atoms with van der Waals surface area (Å²) in [6.45, 7) is 10.6. The molecular formula is C21H42O. The fourth-order valence-electron chi connectivity index (χ4n) is 3.41. The Morgan fingerprint density at radius 2 is 1.32 bits per heavy atom. The van der Waals surface area contributed by atoms with E-state index in [9.17, 15) is 5.11 Å². The molecule has 1 nitrogen and oxygen atoms in total. The van der Waals surface area contributed by atoms with Crippen LogP contribution >= 0.6 is 0 Å². The average molecular weight is 311 g/mol. The fraction of sp³-hybridized carbons (Fsp3) is 0.905. The maximum atomic E-state index is 11.0. The molecule has 22 heavy (non-hydrogen) atoms. The number of aliphatic hydroxyl groups is 1. The van der Waals surface area contributed by atoms with Gasteiger partial charge >= 0.3 is 0 Å². The van der Waals surface area contributed by atoms with Gasteiger partial charge in [-0.2, -0.15) is 0 Å². The van der Waals surface area contributed by atoms with Gasteiger partial charge in [0.2, 0.25) is 0 Å². The standard InChI is InChI=1S/C21H42O/c1-5-9-11-13-14-15-17-19-21(22,8-4)20(7-3)18-16-12-10-6-2/h7,20,22H,3,5-6,8-19H2,1-2,4H3. The van der Waals surface area contributed by atoms with Crippen molar-refractivity contribution in [1.82, 2.24) is 0 Å². The maximum Gasteiger partial charge on any atom is 0.0707 e. The Morgan fingerprint density at radius 3 is 1.82 bits per heavy atom. The molecule has 2 atom stereocenters. The van der Waals surface area contributed by atoms with Crippen molar-refractivity contribution in [2.24, 2.45) is 5.92 Å². The SMILES string of the molecule is C=CC(CCCCCC)C(O)(CC)CCCCCCCCC. The molecular weight excluding hydrogens is 268 g/mol. The van der Waals surface area contributed by atoms with Gasteiger partial charge in [-0.3, -0.25) is 0 Å². The lowest BCUT2D eigenvalue weighted by Gasteiger charge is -2.34. The Bertz CT molecular complexity index is 248. The molecule has 2 unspecified atom stereocenters. The van der Waals surface area contributed by atoms with Crippen molar-refractivity contribution in [3.63, 3.8) is 0 Å². The molecule has 0 aliphatic rings. The minimum Gasteiger partial charge on any atom is -0.389 e. The van der Waals surface area contributed by atoms with Crippen molar-refractivity contribution in [2.75, 3.05) is 0 Å². The third-order valence-corrected chi connectivity index (χ3v) is 5.17. The maximum absolute atomic E-state index is 11.0. The second-order valence-corrected chi connectivity index (χ2v) is 7.02. The van der Waals surface area contributed by atoms with Crippen molar-refractivity contribution in [3.8, 4) is 0 Å². The van der Waals surface area contributed by atoms with Crippen molar-refractivity contribution >= 4 is 0 Å². The molecule has 0 saturated carbocycles. The molecule has 0 spiro atoms. The van der Waals surface area contributed by atoms with Crippen LogP contribution in [0.4, 0.5) is 0 Å².